The second kappa shape index (κ2) is 12.9. The van der Waals surface area contributed by atoms with E-state index in [-0.39, 0.29) is 52.8 Å². The lowest BCUT2D eigenvalue weighted by Crippen LogP contribution is -2.56. The monoisotopic (exact) mass is 626 g/mol. The fourth-order valence-corrected chi connectivity index (χ4v) is 5.71. The van der Waals surface area contributed by atoms with Crippen LogP contribution in [0.15, 0.2) is 53.7 Å². The minimum absolute atomic E-state index is 0.119. The summed E-state index contributed by atoms with van der Waals surface area (Å²) in [6.45, 7) is 7.02. The Morgan fingerprint density at radius 2 is 1.76 bits per heavy atom. The van der Waals surface area contributed by atoms with E-state index in [0.717, 1.165) is 12.1 Å². The predicted octanol–water partition coefficient (Wildman–Crippen LogP) is 5.76. The van der Waals surface area contributed by atoms with E-state index in [1.54, 1.807) is 36.9 Å². The van der Waals surface area contributed by atoms with Crippen LogP contribution in [-0.2, 0) is 15.7 Å². The van der Waals surface area contributed by atoms with Gasteiger partial charge in [-0.05, 0) is 56.7 Å². The molecule has 0 bridgehead atoms. The highest BCUT2D eigenvalue weighted by atomic mass is 35.5. The maximum Gasteiger partial charge on any atom is 0.416 e. The Labute approximate surface area is 252 Å². The normalized spacial score (nSPS) is 20.0. The van der Waals surface area contributed by atoms with Gasteiger partial charge in [-0.15, -0.1) is 0 Å². The number of esters is 1. The van der Waals surface area contributed by atoms with Crippen molar-refractivity contribution < 1.29 is 32.3 Å². The van der Waals surface area contributed by atoms with Gasteiger partial charge in [0, 0.05) is 50.0 Å². The van der Waals surface area contributed by atoms with E-state index in [0.29, 0.717) is 30.9 Å². The number of carbonyl (C=O) groups is 3. The summed E-state index contributed by atoms with van der Waals surface area (Å²) in [7, 11) is 0. The van der Waals surface area contributed by atoms with E-state index in [1.165, 1.54) is 17.0 Å². The summed E-state index contributed by atoms with van der Waals surface area (Å²) >= 11 is 12.8. The van der Waals surface area contributed by atoms with Crippen molar-refractivity contribution in [1.29, 1.82) is 0 Å². The number of carbonyl (C=O) groups excluding carboxylic acids is 3. The maximum atomic E-state index is 13.4. The highest BCUT2D eigenvalue weighted by molar-refractivity contribution is 6.42. The van der Waals surface area contributed by atoms with Crippen LogP contribution in [0.2, 0.25) is 10.0 Å². The first-order valence-corrected chi connectivity index (χ1v) is 14.3. The molecule has 2 aromatic rings. The fraction of sp³-hybridized carbons (Fsp3) is 0.414. The molecule has 0 spiro atoms. The number of nitrogens with one attached hydrogen (secondary N) is 1. The highest BCUT2D eigenvalue weighted by Crippen LogP contribution is 2.38. The number of benzene rings is 2. The van der Waals surface area contributed by atoms with Crippen LogP contribution >= 0.6 is 23.2 Å². The van der Waals surface area contributed by atoms with Gasteiger partial charge < -0.3 is 15.0 Å². The highest BCUT2D eigenvalue weighted by Gasteiger charge is 2.40. The molecular weight excluding hydrogens is 596 g/mol. The van der Waals surface area contributed by atoms with Gasteiger partial charge in [-0.2, -0.15) is 13.2 Å². The Hall–Kier alpha value is -3.28. The van der Waals surface area contributed by atoms with Gasteiger partial charge >= 0.3 is 18.2 Å². The molecule has 42 heavy (non-hydrogen) atoms. The SMILES string of the molecule is CCOC(=O)C1=C(CN2CCN(C(=O)c3ccc(C(F)(F)F)cc3)[C@H](C)C2)N(CC)C(=O)N[C@@H]1c1cccc(Cl)c1Cl. The number of hydrogen-bond acceptors (Lipinski definition) is 5. The second-order valence-electron chi connectivity index (χ2n) is 10.0. The summed E-state index contributed by atoms with van der Waals surface area (Å²) in [5, 5.41) is 3.34. The molecule has 2 aliphatic rings. The van der Waals surface area contributed by atoms with E-state index >= 15 is 0 Å². The molecule has 226 valence electrons. The summed E-state index contributed by atoms with van der Waals surface area (Å²) in [6.07, 6.45) is -4.49. The number of nitrogens with zero attached hydrogens (tertiary/aromatic N) is 3. The van der Waals surface area contributed by atoms with E-state index in [4.69, 9.17) is 27.9 Å². The van der Waals surface area contributed by atoms with Crippen molar-refractivity contribution in [3.8, 4) is 0 Å². The molecule has 0 radical (unpaired) electrons. The van der Waals surface area contributed by atoms with Crippen molar-refractivity contribution in [2.45, 2.75) is 39.0 Å². The maximum absolute atomic E-state index is 13.4. The first-order chi connectivity index (χ1) is 19.9. The van der Waals surface area contributed by atoms with Crippen LogP contribution in [0, 0.1) is 0 Å². The van der Waals surface area contributed by atoms with Crippen molar-refractivity contribution in [2.24, 2.45) is 0 Å². The van der Waals surface area contributed by atoms with Crippen LogP contribution < -0.4 is 5.32 Å². The Morgan fingerprint density at radius 1 is 1.07 bits per heavy atom. The van der Waals surface area contributed by atoms with Crippen LogP contribution in [0.5, 0.6) is 0 Å². The smallest absolute Gasteiger partial charge is 0.416 e. The van der Waals surface area contributed by atoms with Gasteiger partial charge in [0.25, 0.3) is 5.91 Å². The number of likely N-dealkylation sites (N-methyl/N-ethyl adjacent to an activating group) is 1. The predicted molar refractivity (Wildman–Crippen MR) is 152 cm³/mol. The van der Waals surface area contributed by atoms with Crippen molar-refractivity contribution >= 4 is 41.1 Å². The lowest BCUT2D eigenvalue weighted by molar-refractivity contribution is -0.139. The summed E-state index contributed by atoms with van der Waals surface area (Å²) in [6, 6.07) is 7.52. The average Bonchev–Trinajstić information content (AvgIpc) is 2.94. The molecule has 2 heterocycles. The van der Waals surface area contributed by atoms with Gasteiger partial charge in [-0.25, -0.2) is 9.59 Å². The largest absolute Gasteiger partial charge is 0.463 e. The third-order valence-corrected chi connectivity index (χ3v) is 8.18. The van der Waals surface area contributed by atoms with Crippen molar-refractivity contribution in [3.05, 3.63) is 80.5 Å². The molecule has 13 heteroatoms. The van der Waals surface area contributed by atoms with Crippen LogP contribution in [0.1, 0.15) is 48.3 Å². The van der Waals surface area contributed by atoms with Gasteiger partial charge in [0.2, 0.25) is 0 Å². The number of halogens is 5. The first-order valence-electron chi connectivity index (χ1n) is 13.5. The molecule has 2 aromatic carbocycles. The number of ether oxygens (including phenoxy) is 1. The zero-order valence-corrected chi connectivity index (χ0v) is 24.8. The van der Waals surface area contributed by atoms with Crippen molar-refractivity contribution in [2.75, 3.05) is 39.3 Å². The second-order valence-corrected chi connectivity index (χ2v) is 10.8. The lowest BCUT2D eigenvalue weighted by Gasteiger charge is -2.43. The lowest BCUT2D eigenvalue weighted by atomic mass is 9.93. The molecule has 1 N–H and O–H groups in total. The quantitative estimate of drug-likeness (QED) is 0.395. The van der Waals surface area contributed by atoms with Crippen LogP contribution in [0.3, 0.4) is 0 Å². The summed E-state index contributed by atoms with van der Waals surface area (Å²) in [5.74, 6) is -0.971. The van der Waals surface area contributed by atoms with Gasteiger partial charge in [-0.1, -0.05) is 35.3 Å². The minimum atomic E-state index is -4.49. The molecule has 0 aliphatic carbocycles. The molecule has 4 rings (SSSR count). The first kappa shape index (κ1) is 31.7. The van der Waals surface area contributed by atoms with Crippen LogP contribution in [0.25, 0.3) is 0 Å². The van der Waals surface area contributed by atoms with E-state index < -0.39 is 29.8 Å². The number of urea groups is 1. The number of piperazine rings is 1. The molecular formula is C29H31Cl2F3N4O4. The van der Waals surface area contributed by atoms with Gasteiger partial charge in [0.15, 0.2) is 0 Å². The standard InChI is InChI=1S/C29H31Cl2F3N4O4/c1-4-37-22(23(27(40)42-5-2)25(35-28(37)41)20-7-6-8-21(30)24(20)31)16-36-13-14-38(17(3)15-36)26(39)18-9-11-19(12-10-18)29(32,33)34/h6-12,17,25H,4-5,13-16H2,1-3H3,(H,35,41)/t17-,25-/m1/s1. The molecule has 0 aromatic heterocycles. The zero-order valence-electron chi connectivity index (χ0n) is 23.3. The topological polar surface area (TPSA) is 82.2 Å². The summed E-state index contributed by atoms with van der Waals surface area (Å²) in [4.78, 5) is 44.9. The average molecular weight is 627 g/mol. The minimum Gasteiger partial charge on any atom is -0.463 e. The number of hydrogen-bond donors (Lipinski definition) is 1. The van der Waals surface area contributed by atoms with Crippen LogP contribution in [-0.4, -0.2) is 78.0 Å². The number of amides is 3. The molecule has 0 saturated carbocycles. The number of alkyl halides is 3. The Bertz CT molecular complexity index is 1380. The Kier molecular flexibility index (Phi) is 9.74. The molecule has 2 aliphatic heterocycles. The van der Waals surface area contributed by atoms with E-state index in [9.17, 15) is 27.6 Å². The van der Waals surface area contributed by atoms with Gasteiger partial charge in [0.05, 0.1) is 33.8 Å². The zero-order chi connectivity index (χ0) is 30.8. The van der Waals surface area contributed by atoms with Gasteiger partial charge in [-0.3, -0.25) is 14.6 Å². The Morgan fingerprint density at radius 3 is 2.36 bits per heavy atom. The Balaban J connectivity index is 1.61. The molecule has 8 nitrogen and oxygen atoms in total. The van der Waals surface area contributed by atoms with Crippen molar-refractivity contribution in [1.82, 2.24) is 20.0 Å². The molecule has 2 atom stereocenters. The van der Waals surface area contributed by atoms with Gasteiger partial charge in [0.1, 0.15) is 0 Å². The van der Waals surface area contributed by atoms with Crippen molar-refractivity contribution in [3.63, 3.8) is 0 Å². The fourth-order valence-electron chi connectivity index (χ4n) is 5.29. The molecule has 1 saturated heterocycles. The number of rotatable bonds is 7. The van der Waals surface area contributed by atoms with E-state index in [2.05, 4.69) is 5.32 Å². The summed E-state index contributed by atoms with van der Waals surface area (Å²) < 4.78 is 44.3. The van der Waals surface area contributed by atoms with Crippen LogP contribution in [0.4, 0.5) is 18.0 Å². The third kappa shape index (κ3) is 6.53. The summed E-state index contributed by atoms with van der Waals surface area (Å²) in [5.41, 5.74) is 0.484. The third-order valence-electron chi connectivity index (χ3n) is 7.35. The molecule has 3 amide bonds. The van der Waals surface area contributed by atoms with E-state index in [1.807, 2.05) is 11.8 Å². The molecule has 0 unspecified atom stereocenters. The molecule has 1 fully saturated rings.